The highest BCUT2D eigenvalue weighted by Gasteiger charge is 2.39. The Morgan fingerprint density at radius 3 is 1.62 bits per heavy atom. The van der Waals surface area contributed by atoms with E-state index in [1.54, 1.807) is 31.2 Å². The minimum Gasteiger partial charge on any atom is -0.170 e. The highest BCUT2D eigenvalue weighted by molar-refractivity contribution is 5.63. The Balaban J connectivity index is 0.000000648. The Hall–Kier alpha value is -1.77. The standard InChI is InChI=1S/C17H17F3.C4H10/c1-2-6-16(17(18,19)20)15-11-9-14(10-12-15)13-7-4-3-5-8-13;1-3-4-2/h3-5,7-12,16H,2,6H2,1H3;3-4H2,1-2H3. The summed E-state index contributed by atoms with van der Waals surface area (Å²) >= 11 is 0. The lowest BCUT2D eigenvalue weighted by Crippen LogP contribution is -2.20. The van der Waals surface area contributed by atoms with Crippen molar-refractivity contribution in [3.05, 3.63) is 60.2 Å². The Bertz CT molecular complexity index is 554. The van der Waals surface area contributed by atoms with E-state index in [2.05, 4.69) is 13.8 Å². The topological polar surface area (TPSA) is 0 Å². The first kappa shape index (κ1) is 20.3. The van der Waals surface area contributed by atoms with E-state index >= 15 is 0 Å². The molecule has 132 valence electrons. The van der Waals surface area contributed by atoms with Gasteiger partial charge >= 0.3 is 6.18 Å². The van der Waals surface area contributed by atoms with Gasteiger partial charge in [0.25, 0.3) is 0 Å². The van der Waals surface area contributed by atoms with E-state index < -0.39 is 12.1 Å². The van der Waals surface area contributed by atoms with Gasteiger partial charge in [0, 0.05) is 0 Å². The molecule has 1 unspecified atom stereocenters. The number of rotatable bonds is 5. The maximum atomic E-state index is 13.0. The molecule has 0 nitrogen and oxygen atoms in total. The van der Waals surface area contributed by atoms with Crippen molar-refractivity contribution in [2.45, 2.75) is 58.5 Å². The number of alkyl halides is 3. The lowest BCUT2D eigenvalue weighted by Gasteiger charge is -2.20. The van der Waals surface area contributed by atoms with Crippen molar-refractivity contribution in [1.82, 2.24) is 0 Å². The van der Waals surface area contributed by atoms with Gasteiger partial charge in [-0.05, 0) is 23.1 Å². The van der Waals surface area contributed by atoms with Crippen LogP contribution in [-0.4, -0.2) is 6.18 Å². The van der Waals surface area contributed by atoms with E-state index in [9.17, 15) is 13.2 Å². The largest absolute Gasteiger partial charge is 0.395 e. The molecule has 2 rings (SSSR count). The van der Waals surface area contributed by atoms with E-state index in [4.69, 9.17) is 0 Å². The zero-order valence-corrected chi connectivity index (χ0v) is 14.7. The van der Waals surface area contributed by atoms with Gasteiger partial charge in [0.05, 0.1) is 5.92 Å². The molecule has 3 heteroatoms. The molecule has 24 heavy (non-hydrogen) atoms. The van der Waals surface area contributed by atoms with Gasteiger partial charge in [-0.25, -0.2) is 0 Å². The quantitative estimate of drug-likeness (QED) is 0.527. The molecule has 0 aliphatic heterocycles. The van der Waals surface area contributed by atoms with Crippen molar-refractivity contribution < 1.29 is 13.2 Å². The third kappa shape index (κ3) is 6.38. The van der Waals surface area contributed by atoms with Gasteiger partial charge in [-0.3, -0.25) is 0 Å². The van der Waals surface area contributed by atoms with E-state index in [1.807, 2.05) is 30.3 Å². The fourth-order valence-electron chi connectivity index (χ4n) is 2.35. The van der Waals surface area contributed by atoms with Crippen molar-refractivity contribution in [3.8, 4) is 11.1 Å². The summed E-state index contributed by atoms with van der Waals surface area (Å²) in [6, 6.07) is 16.4. The van der Waals surface area contributed by atoms with Crippen molar-refractivity contribution >= 4 is 0 Å². The minimum absolute atomic E-state index is 0.133. The lowest BCUT2D eigenvalue weighted by atomic mass is 9.92. The summed E-state index contributed by atoms with van der Waals surface area (Å²) in [5.74, 6) is -1.36. The second-order valence-electron chi connectivity index (χ2n) is 5.87. The van der Waals surface area contributed by atoms with Crippen molar-refractivity contribution in [1.29, 1.82) is 0 Å². The molecule has 0 N–H and O–H groups in total. The van der Waals surface area contributed by atoms with E-state index in [-0.39, 0.29) is 6.42 Å². The highest BCUT2D eigenvalue weighted by atomic mass is 19.4. The third-order valence-corrected chi connectivity index (χ3v) is 3.89. The van der Waals surface area contributed by atoms with Crippen LogP contribution in [0.15, 0.2) is 54.6 Å². The van der Waals surface area contributed by atoms with Crippen molar-refractivity contribution in [3.63, 3.8) is 0 Å². The van der Waals surface area contributed by atoms with Crippen LogP contribution >= 0.6 is 0 Å². The summed E-state index contributed by atoms with van der Waals surface area (Å²) in [4.78, 5) is 0. The zero-order chi connectivity index (χ0) is 18.0. The maximum absolute atomic E-state index is 13.0. The van der Waals surface area contributed by atoms with E-state index in [1.165, 1.54) is 12.8 Å². The van der Waals surface area contributed by atoms with Gasteiger partial charge < -0.3 is 0 Å². The summed E-state index contributed by atoms with van der Waals surface area (Å²) in [7, 11) is 0. The average Bonchev–Trinajstić information content (AvgIpc) is 2.60. The fourth-order valence-corrected chi connectivity index (χ4v) is 2.35. The Morgan fingerprint density at radius 1 is 0.708 bits per heavy atom. The Kier molecular flexibility index (Phi) is 8.59. The summed E-state index contributed by atoms with van der Waals surface area (Å²) in [5, 5.41) is 0. The Labute approximate surface area is 143 Å². The first-order valence-corrected chi connectivity index (χ1v) is 8.66. The molecular weight excluding hydrogens is 309 g/mol. The molecule has 0 saturated heterocycles. The SMILES string of the molecule is CCCC.CCCC(c1ccc(-c2ccccc2)cc1)C(F)(F)F. The predicted octanol–water partition coefficient (Wildman–Crippen LogP) is 7.61. The van der Waals surface area contributed by atoms with Crippen LogP contribution in [0.1, 0.15) is 57.9 Å². The first-order chi connectivity index (χ1) is 11.4. The Morgan fingerprint density at radius 2 is 1.21 bits per heavy atom. The maximum Gasteiger partial charge on any atom is 0.395 e. The van der Waals surface area contributed by atoms with Crippen LogP contribution in [-0.2, 0) is 0 Å². The van der Waals surface area contributed by atoms with E-state index in [0.29, 0.717) is 12.0 Å². The molecule has 0 radical (unpaired) electrons. The summed E-state index contributed by atoms with van der Waals surface area (Å²) in [5.41, 5.74) is 2.30. The molecule has 0 amide bonds. The average molecular weight is 336 g/mol. The second kappa shape index (κ2) is 10.2. The van der Waals surface area contributed by atoms with Gasteiger partial charge in [0.15, 0.2) is 0 Å². The number of benzene rings is 2. The van der Waals surface area contributed by atoms with Gasteiger partial charge in [-0.15, -0.1) is 0 Å². The van der Waals surface area contributed by atoms with Gasteiger partial charge in [-0.1, -0.05) is 94.6 Å². The van der Waals surface area contributed by atoms with Crippen LogP contribution in [0.3, 0.4) is 0 Å². The molecule has 0 aliphatic rings. The first-order valence-electron chi connectivity index (χ1n) is 8.66. The van der Waals surface area contributed by atoms with Crippen LogP contribution < -0.4 is 0 Å². The van der Waals surface area contributed by atoms with Gasteiger partial charge in [0.1, 0.15) is 0 Å². The van der Waals surface area contributed by atoms with Crippen LogP contribution in [0.25, 0.3) is 11.1 Å². The molecule has 0 spiro atoms. The molecule has 0 bridgehead atoms. The predicted molar refractivity (Wildman–Crippen MR) is 96.2 cm³/mol. The van der Waals surface area contributed by atoms with Crippen LogP contribution in [0.2, 0.25) is 0 Å². The number of halogens is 3. The van der Waals surface area contributed by atoms with E-state index in [0.717, 1.165) is 11.1 Å². The van der Waals surface area contributed by atoms with Crippen LogP contribution in [0.5, 0.6) is 0 Å². The summed E-state index contributed by atoms with van der Waals surface area (Å²) in [6.45, 7) is 6.14. The minimum atomic E-state index is -4.18. The van der Waals surface area contributed by atoms with Crippen LogP contribution in [0.4, 0.5) is 13.2 Å². The van der Waals surface area contributed by atoms with Crippen molar-refractivity contribution in [2.24, 2.45) is 0 Å². The molecule has 2 aromatic rings. The van der Waals surface area contributed by atoms with Crippen LogP contribution in [0, 0.1) is 0 Å². The number of unbranched alkanes of at least 4 members (excludes halogenated alkanes) is 1. The summed E-state index contributed by atoms with van der Waals surface area (Å²) < 4.78 is 39.0. The number of hydrogen-bond donors (Lipinski definition) is 0. The normalized spacial score (nSPS) is 12.2. The fraction of sp³-hybridized carbons (Fsp3) is 0.429. The highest BCUT2D eigenvalue weighted by Crippen LogP contribution is 2.38. The smallest absolute Gasteiger partial charge is 0.170 e. The molecule has 0 saturated carbocycles. The van der Waals surface area contributed by atoms with Gasteiger partial charge in [-0.2, -0.15) is 13.2 Å². The molecule has 0 heterocycles. The van der Waals surface area contributed by atoms with Crippen molar-refractivity contribution in [2.75, 3.05) is 0 Å². The zero-order valence-electron chi connectivity index (χ0n) is 14.7. The second-order valence-corrected chi connectivity index (χ2v) is 5.87. The lowest BCUT2D eigenvalue weighted by molar-refractivity contribution is -0.152. The molecular formula is C21H27F3. The molecule has 2 aromatic carbocycles. The third-order valence-electron chi connectivity index (χ3n) is 3.89. The molecule has 1 atom stereocenters. The molecule has 0 aromatic heterocycles. The molecule has 0 fully saturated rings. The monoisotopic (exact) mass is 336 g/mol. The summed E-state index contributed by atoms with van der Waals surface area (Å²) in [6.07, 6.45) is -0.886. The number of hydrogen-bond acceptors (Lipinski definition) is 0. The molecule has 0 aliphatic carbocycles. The van der Waals surface area contributed by atoms with Gasteiger partial charge in [0.2, 0.25) is 0 Å².